The van der Waals surface area contributed by atoms with Gasteiger partial charge in [0.25, 0.3) is 0 Å². The second kappa shape index (κ2) is 4.67. The first kappa shape index (κ1) is 12.1. The Morgan fingerprint density at radius 3 is 2.87 bits per heavy atom. The van der Waals surface area contributed by atoms with Crippen LogP contribution in [0.3, 0.4) is 0 Å². The van der Waals surface area contributed by atoms with Crippen molar-refractivity contribution in [1.29, 1.82) is 0 Å². The number of nitrogens with one attached hydrogen (secondary N) is 1. The fourth-order valence-corrected chi connectivity index (χ4v) is 2.02. The van der Waals surface area contributed by atoms with Gasteiger partial charge in [-0.05, 0) is 0 Å². The van der Waals surface area contributed by atoms with Crippen LogP contribution in [-0.4, -0.2) is 21.2 Å². The standard InChI is InChI=1S/C9H16N4OS/c1-9(2,7(14)12-10)6-15-8-11-4-5-13(8)3/h4-5H,6,10H2,1-3H3,(H,12,14). The molecule has 0 aliphatic heterocycles. The number of hydrogen-bond donors (Lipinski definition) is 2. The Hall–Kier alpha value is -1.01. The topological polar surface area (TPSA) is 72.9 Å². The van der Waals surface area contributed by atoms with Crippen LogP contribution in [0.4, 0.5) is 0 Å². The van der Waals surface area contributed by atoms with Crippen LogP contribution in [0, 0.1) is 5.41 Å². The molecule has 0 spiro atoms. The SMILES string of the molecule is Cn1ccnc1SCC(C)(C)C(=O)NN. The van der Waals surface area contributed by atoms with E-state index in [2.05, 4.69) is 10.4 Å². The second-order valence-electron chi connectivity index (χ2n) is 3.97. The average Bonchev–Trinajstić information content (AvgIpc) is 2.60. The first-order valence-electron chi connectivity index (χ1n) is 4.58. The van der Waals surface area contributed by atoms with E-state index in [4.69, 9.17) is 5.84 Å². The van der Waals surface area contributed by atoms with Crippen molar-refractivity contribution in [3.8, 4) is 0 Å². The van der Waals surface area contributed by atoms with Gasteiger partial charge in [0.05, 0.1) is 5.41 Å². The molecule has 1 aromatic rings. The van der Waals surface area contributed by atoms with Crippen molar-refractivity contribution in [2.75, 3.05) is 5.75 Å². The number of aryl methyl sites for hydroxylation is 1. The molecule has 0 bridgehead atoms. The maximum atomic E-state index is 11.4. The Kier molecular flexibility index (Phi) is 3.76. The number of nitrogens with zero attached hydrogens (tertiary/aromatic N) is 2. The van der Waals surface area contributed by atoms with Gasteiger partial charge >= 0.3 is 0 Å². The van der Waals surface area contributed by atoms with Gasteiger partial charge in [-0.3, -0.25) is 10.2 Å². The van der Waals surface area contributed by atoms with Crippen molar-refractivity contribution in [3.05, 3.63) is 12.4 Å². The van der Waals surface area contributed by atoms with Crippen LogP contribution in [0.15, 0.2) is 17.6 Å². The maximum Gasteiger partial charge on any atom is 0.240 e. The molecule has 15 heavy (non-hydrogen) atoms. The molecule has 0 saturated carbocycles. The number of thioether (sulfide) groups is 1. The van der Waals surface area contributed by atoms with Gasteiger partial charge in [-0.25, -0.2) is 10.8 Å². The lowest BCUT2D eigenvalue weighted by atomic mass is 9.96. The Morgan fingerprint density at radius 2 is 2.40 bits per heavy atom. The summed E-state index contributed by atoms with van der Waals surface area (Å²) in [4.78, 5) is 15.6. The van der Waals surface area contributed by atoms with Crippen LogP contribution in [0.5, 0.6) is 0 Å². The second-order valence-corrected chi connectivity index (χ2v) is 4.91. The van der Waals surface area contributed by atoms with E-state index in [1.54, 1.807) is 6.20 Å². The third kappa shape index (κ3) is 2.97. The molecule has 1 amide bonds. The zero-order chi connectivity index (χ0) is 11.5. The summed E-state index contributed by atoms with van der Waals surface area (Å²) in [5.41, 5.74) is 1.68. The van der Waals surface area contributed by atoms with Crippen molar-refractivity contribution in [2.24, 2.45) is 18.3 Å². The highest BCUT2D eigenvalue weighted by Crippen LogP contribution is 2.26. The summed E-state index contributed by atoms with van der Waals surface area (Å²) in [6.45, 7) is 3.70. The highest BCUT2D eigenvalue weighted by Gasteiger charge is 2.27. The predicted molar refractivity (Wildman–Crippen MR) is 60.0 cm³/mol. The van der Waals surface area contributed by atoms with Crippen molar-refractivity contribution in [2.45, 2.75) is 19.0 Å². The summed E-state index contributed by atoms with van der Waals surface area (Å²) in [7, 11) is 1.92. The third-order valence-electron chi connectivity index (χ3n) is 2.08. The smallest absolute Gasteiger partial charge is 0.240 e. The Labute approximate surface area is 93.4 Å². The highest BCUT2D eigenvalue weighted by atomic mass is 32.2. The lowest BCUT2D eigenvalue weighted by molar-refractivity contribution is -0.128. The fourth-order valence-electron chi connectivity index (χ4n) is 0.997. The predicted octanol–water partition coefficient (Wildman–Crippen LogP) is 0.528. The van der Waals surface area contributed by atoms with Crippen LogP contribution in [0.25, 0.3) is 0 Å². The molecule has 0 unspecified atom stereocenters. The van der Waals surface area contributed by atoms with Gasteiger partial charge in [-0.2, -0.15) is 0 Å². The Morgan fingerprint density at radius 1 is 1.73 bits per heavy atom. The number of hydrazine groups is 1. The number of amides is 1. The van der Waals surface area contributed by atoms with Gasteiger partial charge < -0.3 is 4.57 Å². The van der Waals surface area contributed by atoms with Gasteiger partial charge in [-0.1, -0.05) is 25.6 Å². The first-order valence-corrected chi connectivity index (χ1v) is 5.57. The number of aromatic nitrogens is 2. The molecule has 0 radical (unpaired) electrons. The van der Waals surface area contributed by atoms with Crippen molar-refractivity contribution in [3.63, 3.8) is 0 Å². The van der Waals surface area contributed by atoms with Crippen LogP contribution in [0.1, 0.15) is 13.8 Å². The normalized spacial score (nSPS) is 11.5. The van der Waals surface area contributed by atoms with Crippen LogP contribution >= 0.6 is 11.8 Å². The summed E-state index contributed by atoms with van der Waals surface area (Å²) in [6, 6.07) is 0. The zero-order valence-corrected chi connectivity index (χ0v) is 9.97. The number of imidazole rings is 1. The molecular weight excluding hydrogens is 212 g/mol. The van der Waals surface area contributed by atoms with E-state index in [1.165, 1.54) is 11.8 Å². The molecule has 1 rings (SSSR count). The fraction of sp³-hybridized carbons (Fsp3) is 0.556. The first-order chi connectivity index (χ1) is 6.97. The minimum Gasteiger partial charge on any atom is -0.329 e. The molecule has 6 heteroatoms. The zero-order valence-electron chi connectivity index (χ0n) is 9.15. The molecule has 0 fully saturated rings. The highest BCUT2D eigenvalue weighted by molar-refractivity contribution is 7.99. The molecule has 5 nitrogen and oxygen atoms in total. The molecule has 0 aliphatic carbocycles. The van der Waals surface area contributed by atoms with Gasteiger partial charge in [0, 0.05) is 25.2 Å². The minimum atomic E-state index is -0.495. The van der Waals surface area contributed by atoms with E-state index in [9.17, 15) is 4.79 Å². The van der Waals surface area contributed by atoms with Gasteiger partial charge in [0.15, 0.2) is 5.16 Å². The molecular formula is C9H16N4OS. The monoisotopic (exact) mass is 228 g/mol. The Balaban J connectivity index is 2.57. The molecule has 0 aliphatic rings. The van der Waals surface area contributed by atoms with Crippen molar-refractivity contribution >= 4 is 17.7 Å². The van der Waals surface area contributed by atoms with Gasteiger partial charge in [0.2, 0.25) is 5.91 Å². The number of carbonyl (C=O) groups is 1. The average molecular weight is 228 g/mol. The summed E-state index contributed by atoms with van der Waals surface area (Å²) in [5, 5.41) is 0.896. The number of rotatable bonds is 4. The largest absolute Gasteiger partial charge is 0.329 e. The van der Waals surface area contributed by atoms with Gasteiger partial charge in [-0.15, -0.1) is 0 Å². The van der Waals surface area contributed by atoms with E-state index in [0.29, 0.717) is 5.75 Å². The Bertz CT molecular complexity index is 348. The van der Waals surface area contributed by atoms with Crippen LogP contribution in [0.2, 0.25) is 0 Å². The molecule has 0 saturated heterocycles. The van der Waals surface area contributed by atoms with E-state index < -0.39 is 5.41 Å². The molecule has 0 atom stereocenters. The molecule has 84 valence electrons. The summed E-state index contributed by atoms with van der Waals surface area (Å²) >= 11 is 1.54. The molecule has 3 N–H and O–H groups in total. The van der Waals surface area contributed by atoms with E-state index in [1.807, 2.05) is 31.7 Å². The van der Waals surface area contributed by atoms with E-state index >= 15 is 0 Å². The summed E-state index contributed by atoms with van der Waals surface area (Å²) < 4.78 is 1.92. The summed E-state index contributed by atoms with van der Waals surface area (Å²) in [5.74, 6) is 5.58. The van der Waals surface area contributed by atoms with Crippen LogP contribution < -0.4 is 11.3 Å². The molecule has 0 aromatic carbocycles. The summed E-state index contributed by atoms with van der Waals surface area (Å²) in [6.07, 6.45) is 3.61. The van der Waals surface area contributed by atoms with Crippen LogP contribution in [-0.2, 0) is 11.8 Å². The quantitative estimate of drug-likeness (QED) is 0.341. The molecule has 1 heterocycles. The van der Waals surface area contributed by atoms with Crippen molar-refractivity contribution in [1.82, 2.24) is 15.0 Å². The number of nitrogens with two attached hydrogens (primary N) is 1. The number of carbonyl (C=O) groups excluding carboxylic acids is 1. The third-order valence-corrected chi connectivity index (χ3v) is 3.60. The minimum absolute atomic E-state index is 0.163. The van der Waals surface area contributed by atoms with E-state index in [0.717, 1.165) is 5.16 Å². The lowest BCUT2D eigenvalue weighted by Gasteiger charge is -2.21. The van der Waals surface area contributed by atoms with Gasteiger partial charge in [0.1, 0.15) is 0 Å². The van der Waals surface area contributed by atoms with Crippen molar-refractivity contribution < 1.29 is 4.79 Å². The lowest BCUT2D eigenvalue weighted by Crippen LogP contribution is -2.42. The van der Waals surface area contributed by atoms with E-state index in [-0.39, 0.29) is 5.91 Å². The molecule has 1 aromatic heterocycles. The maximum absolute atomic E-state index is 11.4. The number of hydrogen-bond acceptors (Lipinski definition) is 4.